The maximum atomic E-state index is 10.3. The Hall–Kier alpha value is -0.380. The molecule has 0 heterocycles. The fraction of sp³-hybridized carbons (Fsp3) is 0.968. The zero-order chi connectivity index (χ0) is 28.3. The molecule has 0 bridgehead atoms. The van der Waals surface area contributed by atoms with Gasteiger partial charge < -0.3 is 28.8 Å². The Balaban J connectivity index is 3.02. The third kappa shape index (κ3) is 37.6. The summed E-state index contributed by atoms with van der Waals surface area (Å²) in [5, 5.41) is 8.43. The predicted molar refractivity (Wildman–Crippen MR) is 163 cm³/mol. The first-order valence-corrected chi connectivity index (χ1v) is 16.6. The molecule has 39 heavy (non-hydrogen) atoms. The standard InChI is InChI=1S/C31H62O7S/c32-31(33)30-38-28-27-37-26-25-36-24-23-35-22-21-34-20-18-16-14-12-10-8-6-4-2-1-3-5-7-9-11-13-15-17-19-29-39/h39H,1-30H2,(H,32,33). The van der Waals surface area contributed by atoms with Gasteiger partial charge in [-0.3, -0.25) is 0 Å². The highest BCUT2D eigenvalue weighted by Crippen LogP contribution is 2.14. The highest BCUT2D eigenvalue weighted by molar-refractivity contribution is 7.80. The van der Waals surface area contributed by atoms with Crippen LogP contribution in [0.5, 0.6) is 0 Å². The van der Waals surface area contributed by atoms with E-state index in [2.05, 4.69) is 12.6 Å². The molecule has 7 nitrogen and oxygen atoms in total. The zero-order valence-electron chi connectivity index (χ0n) is 25.1. The van der Waals surface area contributed by atoms with E-state index in [9.17, 15) is 4.79 Å². The van der Waals surface area contributed by atoms with Gasteiger partial charge in [-0.15, -0.1) is 0 Å². The van der Waals surface area contributed by atoms with Crippen LogP contribution in [0.3, 0.4) is 0 Å². The largest absolute Gasteiger partial charge is 0.480 e. The fourth-order valence-corrected chi connectivity index (χ4v) is 4.58. The Morgan fingerprint density at radius 1 is 0.385 bits per heavy atom. The zero-order valence-corrected chi connectivity index (χ0v) is 26.0. The molecule has 0 aromatic heterocycles. The van der Waals surface area contributed by atoms with E-state index in [4.69, 9.17) is 28.8 Å². The molecule has 0 radical (unpaired) electrons. The van der Waals surface area contributed by atoms with Gasteiger partial charge in [-0.1, -0.05) is 109 Å². The first-order chi connectivity index (χ1) is 19.3. The summed E-state index contributed by atoms with van der Waals surface area (Å²) >= 11 is 4.27. The lowest BCUT2D eigenvalue weighted by Gasteiger charge is -2.07. The number of ether oxygens (including phenoxy) is 5. The van der Waals surface area contributed by atoms with Crippen molar-refractivity contribution in [2.75, 3.05) is 71.8 Å². The van der Waals surface area contributed by atoms with Gasteiger partial charge in [-0.25, -0.2) is 4.79 Å². The molecule has 0 saturated carbocycles. The van der Waals surface area contributed by atoms with Crippen molar-refractivity contribution in [3.8, 4) is 0 Å². The van der Waals surface area contributed by atoms with Gasteiger partial charge in [-0.05, 0) is 18.6 Å². The lowest BCUT2D eigenvalue weighted by molar-refractivity contribution is -0.142. The van der Waals surface area contributed by atoms with E-state index in [1.165, 1.54) is 116 Å². The first-order valence-electron chi connectivity index (χ1n) is 16.0. The maximum absolute atomic E-state index is 10.3. The van der Waals surface area contributed by atoms with Crippen molar-refractivity contribution in [1.82, 2.24) is 0 Å². The average molecular weight is 579 g/mol. The Bertz CT molecular complexity index is 468. The molecule has 0 atom stereocenters. The predicted octanol–water partition coefficient (Wildman–Crippen LogP) is 7.50. The second-order valence-corrected chi connectivity index (χ2v) is 10.8. The second kappa shape index (κ2) is 35.6. The SMILES string of the molecule is O=C(O)COCCOCCOCCOCCOCCCCCCCCCCCCCCCCCCCCCS. The molecule has 0 rings (SSSR count). The summed E-state index contributed by atoms with van der Waals surface area (Å²) < 4.78 is 26.7. The number of rotatable bonds is 35. The van der Waals surface area contributed by atoms with Crippen LogP contribution in [0.15, 0.2) is 0 Å². The van der Waals surface area contributed by atoms with Crippen molar-refractivity contribution < 1.29 is 33.6 Å². The lowest BCUT2D eigenvalue weighted by atomic mass is 10.0. The van der Waals surface area contributed by atoms with Crippen LogP contribution < -0.4 is 0 Å². The van der Waals surface area contributed by atoms with E-state index in [1.54, 1.807) is 0 Å². The van der Waals surface area contributed by atoms with Crippen LogP contribution in [-0.2, 0) is 28.5 Å². The van der Waals surface area contributed by atoms with Gasteiger partial charge >= 0.3 is 5.97 Å². The van der Waals surface area contributed by atoms with Crippen molar-refractivity contribution in [2.45, 2.75) is 122 Å². The Morgan fingerprint density at radius 2 is 0.641 bits per heavy atom. The quantitative estimate of drug-likeness (QED) is 0.0595. The number of carboxylic acids is 1. The Kier molecular flexibility index (Phi) is 35.3. The van der Waals surface area contributed by atoms with Crippen LogP contribution >= 0.6 is 12.6 Å². The van der Waals surface area contributed by atoms with Gasteiger partial charge in [0.1, 0.15) is 6.61 Å². The molecular formula is C31H62O7S. The van der Waals surface area contributed by atoms with Crippen LogP contribution in [0.2, 0.25) is 0 Å². The third-order valence-corrected chi connectivity index (χ3v) is 6.98. The highest BCUT2D eigenvalue weighted by Gasteiger charge is 1.98. The smallest absolute Gasteiger partial charge is 0.329 e. The number of carbonyl (C=O) groups is 1. The van der Waals surface area contributed by atoms with E-state index in [-0.39, 0.29) is 13.2 Å². The summed E-state index contributed by atoms with van der Waals surface area (Å²) in [6, 6.07) is 0. The van der Waals surface area contributed by atoms with Gasteiger partial charge in [0.05, 0.1) is 52.9 Å². The minimum absolute atomic E-state index is 0.272. The molecule has 0 amide bonds. The summed E-state index contributed by atoms with van der Waals surface area (Å²) in [5.74, 6) is 0.0749. The summed E-state index contributed by atoms with van der Waals surface area (Å²) in [6.45, 7) is 4.41. The summed E-state index contributed by atoms with van der Waals surface area (Å²) in [4.78, 5) is 10.3. The van der Waals surface area contributed by atoms with Gasteiger partial charge in [0.25, 0.3) is 0 Å². The molecule has 0 unspecified atom stereocenters. The van der Waals surface area contributed by atoms with E-state index < -0.39 is 5.97 Å². The maximum Gasteiger partial charge on any atom is 0.329 e. The molecule has 234 valence electrons. The molecule has 0 aromatic rings. The van der Waals surface area contributed by atoms with Gasteiger partial charge in [-0.2, -0.15) is 12.6 Å². The normalized spacial score (nSPS) is 11.4. The first kappa shape index (κ1) is 38.6. The highest BCUT2D eigenvalue weighted by atomic mass is 32.1. The number of hydrogen-bond acceptors (Lipinski definition) is 7. The molecule has 8 heteroatoms. The molecule has 0 fully saturated rings. The summed E-state index contributed by atoms with van der Waals surface area (Å²) in [7, 11) is 0. The van der Waals surface area contributed by atoms with Gasteiger partial charge in [0.2, 0.25) is 0 Å². The topological polar surface area (TPSA) is 83.5 Å². The van der Waals surface area contributed by atoms with Crippen molar-refractivity contribution in [3.63, 3.8) is 0 Å². The van der Waals surface area contributed by atoms with Crippen molar-refractivity contribution in [3.05, 3.63) is 0 Å². The van der Waals surface area contributed by atoms with Crippen LogP contribution in [0, 0.1) is 0 Å². The molecule has 0 saturated heterocycles. The second-order valence-electron chi connectivity index (χ2n) is 10.3. The monoisotopic (exact) mass is 578 g/mol. The Labute approximate surface area is 245 Å². The van der Waals surface area contributed by atoms with Crippen LogP contribution in [-0.4, -0.2) is 82.9 Å². The summed E-state index contributed by atoms with van der Waals surface area (Å²) in [6.07, 6.45) is 26.3. The lowest BCUT2D eigenvalue weighted by Crippen LogP contribution is -2.14. The molecule has 1 N–H and O–H groups in total. The van der Waals surface area contributed by atoms with Gasteiger partial charge in [0, 0.05) is 6.61 Å². The number of thiol groups is 1. The van der Waals surface area contributed by atoms with Crippen LogP contribution in [0.1, 0.15) is 122 Å². The minimum Gasteiger partial charge on any atom is -0.480 e. The van der Waals surface area contributed by atoms with Crippen LogP contribution in [0.4, 0.5) is 0 Å². The van der Waals surface area contributed by atoms with E-state index in [0.29, 0.717) is 46.2 Å². The third-order valence-electron chi connectivity index (χ3n) is 6.66. The van der Waals surface area contributed by atoms with Crippen molar-refractivity contribution >= 4 is 18.6 Å². The van der Waals surface area contributed by atoms with Gasteiger partial charge in [0.15, 0.2) is 0 Å². The van der Waals surface area contributed by atoms with E-state index in [0.717, 1.165) is 18.8 Å². The average Bonchev–Trinajstić information content (AvgIpc) is 2.93. The van der Waals surface area contributed by atoms with E-state index >= 15 is 0 Å². The molecule has 0 aromatic carbocycles. The molecule has 0 spiro atoms. The van der Waals surface area contributed by atoms with Crippen molar-refractivity contribution in [2.24, 2.45) is 0 Å². The Morgan fingerprint density at radius 3 is 0.949 bits per heavy atom. The van der Waals surface area contributed by atoms with Crippen molar-refractivity contribution in [1.29, 1.82) is 0 Å². The molecule has 0 aliphatic heterocycles. The number of aliphatic carboxylic acids is 1. The molecular weight excluding hydrogens is 516 g/mol. The summed E-state index contributed by atoms with van der Waals surface area (Å²) in [5.41, 5.74) is 0. The molecule has 0 aliphatic carbocycles. The minimum atomic E-state index is -0.973. The number of carboxylic acid groups (broad SMARTS) is 1. The number of unbranched alkanes of at least 4 members (excludes halogenated alkanes) is 18. The van der Waals surface area contributed by atoms with E-state index in [1.807, 2.05) is 0 Å². The number of hydrogen-bond donors (Lipinski definition) is 2. The fourth-order valence-electron chi connectivity index (χ4n) is 4.36. The van der Waals surface area contributed by atoms with Crippen LogP contribution in [0.25, 0.3) is 0 Å². The molecule has 0 aliphatic rings.